The van der Waals surface area contributed by atoms with Gasteiger partial charge >= 0.3 is 0 Å². The lowest BCUT2D eigenvalue weighted by atomic mass is 9.97. The Kier molecular flexibility index (Phi) is 4.19. The van der Waals surface area contributed by atoms with Gasteiger partial charge in [0.1, 0.15) is 5.82 Å². The normalized spacial score (nSPS) is 19.3. The van der Waals surface area contributed by atoms with Crippen LogP contribution in [0.25, 0.3) is 11.0 Å². The van der Waals surface area contributed by atoms with Gasteiger partial charge in [-0.05, 0) is 49.2 Å². The summed E-state index contributed by atoms with van der Waals surface area (Å²) in [7, 11) is 0. The van der Waals surface area contributed by atoms with Gasteiger partial charge in [0.25, 0.3) is 0 Å². The molecule has 4 heteroatoms. The number of piperidine rings is 1. The first kappa shape index (κ1) is 14.9. The number of nitrogens with one attached hydrogen (secondary N) is 1. The largest absolute Gasteiger partial charge is 0.342 e. The smallest absolute Gasteiger partial charge is 0.111 e. The summed E-state index contributed by atoms with van der Waals surface area (Å²) in [5.74, 6) is 1.65. The Morgan fingerprint density at radius 2 is 1.96 bits per heavy atom. The lowest BCUT2D eigenvalue weighted by Crippen LogP contribution is -2.34. The Labute approximate surface area is 144 Å². The number of para-hydroxylation sites is 2. The van der Waals surface area contributed by atoms with E-state index in [-0.39, 0.29) is 0 Å². The predicted octanol–water partition coefficient (Wildman–Crippen LogP) is 4.71. The quantitative estimate of drug-likeness (QED) is 0.725. The summed E-state index contributed by atoms with van der Waals surface area (Å²) in [6.07, 6.45) is 2.45. The van der Waals surface area contributed by atoms with Gasteiger partial charge in [0.05, 0.1) is 11.0 Å². The molecule has 1 atom stereocenters. The van der Waals surface area contributed by atoms with Gasteiger partial charge in [0.15, 0.2) is 0 Å². The van der Waals surface area contributed by atoms with Crippen molar-refractivity contribution in [1.82, 2.24) is 14.9 Å². The van der Waals surface area contributed by atoms with Crippen LogP contribution >= 0.6 is 15.9 Å². The lowest BCUT2D eigenvalue weighted by molar-refractivity contribution is 0.197. The lowest BCUT2D eigenvalue weighted by Gasteiger charge is -2.31. The number of aromatic nitrogens is 2. The van der Waals surface area contributed by atoms with Crippen molar-refractivity contribution in [2.24, 2.45) is 0 Å². The Morgan fingerprint density at radius 1 is 1.13 bits per heavy atom. The third-order valence-corrected chi connectivity index (χ3v) is 5.15. The summed E-state index contributed by atoms with van der Waals surface area (Å²) in [4.78, 5) is 10.9. The summed E-state index contributed by atoms with van der Waals surface area (Å²) < 4.78 is 1.14. The van der Waals surface area contributed by atoms with Gasteiger partial charge in [-0.1, -0.05) is 40.2 Å². The summed E-state index contributed by atoms with van der Waals surface area (Å²) in [6.45, 7) is 3.27. The van der Waals surface area contributed by atoms with Crippen molar-refractivity contribution < 1.29 is 0 Å². The van der Waals surface area contributed by atoms with E-state index >= 15 is 0 Å². The van der Waals surface area contributed by atoms with Crippen molar-refractivity contribution in [2.45, 2.75) is 25.3 Å². The van der Waals surface area contributed by atoms with Crippen LogP contribution in [0.15, 0.2) is 53.0 Å². The van der Waals surface area contributed by atoms with Crippen LogP contribution in [-0.4, -0.2) is 28.0 Å². The van der Waals surface area contributed by atoms with Crippen molar-refractivity contribution in [3.05, 3.63) is 64.4 Å². The Morgan fingerprint density at radius 3 is 2.78 bits per heavy atom. The first-order valence-electron chi connectivity index (χ1n) is 8.19. The Balaban J connectivity index is 1.49. The van der Waals surface area contributed by atoms with Crippen molar-refractivity contribution >= 4 is 27.0 Å². The monoisotopic (exact) mass is 369 g/mol. The zero-order valence-electron chi connectivity index (χ0n) is 13.0. The van der Waals surface area contributed by atoms with E-state index in [1.807, 2.05) is 6.07 Å². The SMILES string of the molecule is Brc1ccc(CN2CCC[C@@H](c3nc4ccccc4[nH]3)C2)cc1. The molecule has 4 rings (SSSR count). The third kappa shape index (κ3) is 3.33. The minimum absolute atomic E-state index is 0.506. The van der Waals surface area contributed by atoms with Crippen molar-refractivity contribution in [2.75, 3.05) is 13.1 Å². The van der Waals surface area contributed by atoms with Crippen LogP contribution in [0.3, 0.4) is 0 Å². The number of H-pyrrole nitrogens is 1. The van der Waals surface area contributed by atoms with Crippen molar-refractivity contribution in [3.63, 3.8) is 0 Å². The molecule has 1 fully saturated rings. The molecule has 2 heterocycles. The Bertz CT molecular complexity index is 761. The molecule has 0 aliphatic carbocycles. The molecule has 1 aliphatic heterocycles. The summed E-state index contributed by atoms with van der Waals surface area (Å²) >= 11 is 3.50. The molecule has 0 spiro atoms. The molecule has 0 amide bonds. The standard InChI is InChI=1S/C19H20BrN3/c20-16-9-7-14(8-10-16)12-23-11-3-4-15(13-23)19-21-17-5-1-2-6-18(17)22-19/h1-2,5-10,15H,3-4,11-13H2,(H,21,22)/t15-/m1/s1. The highest BCUT2D eigenvalue weighted by Gasteiger charge is 2.23. The van der Waals surface area contributed by atoms with E-state index in [2.05, 4.69) is 68.3 Å². The van der Waals surface area contributed by atoms with E-state index in [1.165, 1.54) is 24.9 Å². The maximum Gasteiger partial charge on any atom is 0.111 e. The number of aromatic amines is 1. The second-order valence-corrected chi connectivity index (χ2v) is 7.26. The summed E-state index contributed by atoms with van der Waals surface area (Å²) in [6, 6.07) is 16.9. The van der Waals surface area contributed by atoms with Gasteiger partial charge in [-0.2, -0.15) is 0 Å². The molecule has 1 N–H and O–H groups in total. The Hall–Kier alpha value is -1.65. The molecule has 3 aromatic rings. The highest BCUT2D eigenvalue weighted by atomic mass is 79.9. The number of rotatable bonds is 3. The second kappa shape index (κ2) is 6.46. The maximum absolute atomic E-state index is 4.80. The first-order chi connectivity index (χ1) is 11.3. The number of benzene rings is 2. The van der Waals surface area contributed by atoms with Gasteiger partial charge in [-0.3, -0.25) is 4.90 Å². The number of hydrogen-bond acceptors (Lipinski definition) is 2. The zero-order valence-corrected chi connectivity index (χ0v) is 14.6. The fraction of sp³-hybridized carbons (Fsp3) is 0.316. The molecule has 0 saturated carbocycles. The topological polar surface area (TPSA) is 31.9 Å². The van der Waals surface area contributed by atoms with Gasteiger partial charge in [0, 0.05) is 23.5 Å². The molecule has 1 aliphatic rings. The fourth-order valence-corrected chi connectivity index (χ4v) is 3.70. The summed E-state index contributed by atoms with van der Waals surface area (Å²) in [5, 5.41) is 0. The molecule has 23 heavy (non-hydrogen) atoms. The van der Waals surface area contributed by atoms with Gasteiger partial charge < -0.3 is 4.98 Å². The van der Waals surface area contributed by atoms with Crippen LogP contribution in [0.1, 0.15) is 30.1 Å². The first-order valence-corrected chi connectivity index (χ1v) is 8.99. The average molecular weight is 370 g/mol. The van der Waals surface area contributed by atoms with E-state index in [1.54, 1.807) is 0 Å². The van der Waals surface area contributed by atoms with Crippen LogP contribution in [0.2, 0.25) is 0 Å². The second-order valence-electron chi connectivity index (χ2n) is 6.34. The van der Waals surface area contributed by atoms with Gasteiger partial charge in [-0.25, -0.2) is 4.98 Å². The van der Waals surface area contributed by atoms with Crippen molar-refractivity contribution in [3.8, 4) is 0 Å². The highest BCUT2D eigenvalue weighted by Crippen LogP contribution is 2.27. The maximum atomic E-state index is 4.80. The van der Waals surface area contributed by atoms with E-state index in [9.17, 15) is 0 Å². The van der Waals surface area contributed by atoms with E-state index < -0.39 is 0 Å². The highest BCUT2D eigenvalue weighted by molar-refractivity contribution is 9.10. The molecule has 118 valence electrons. The number of hydrogen-bond donors (Lipinski definition) is 1. The molecule has 3 nitrogen and oxygen atoms in total. The molecule has 0 unspecified atom stereocenters. The molecule has 1 aromatic heterocycles. The number of likely N-dealkylation sites (tertiary alicyclic amines) is 1. The fourth-order valence-electron chi connectivity index (χ4n) is 3.44. The van der Waals surface area contributed by atoms with Crippen LogP contribution < -0.4 is 0 Å². The minimum Gasteiger partial charge on any atom is -0.342 e. The van der Waals surface area contributed by atoms with Crippen LogP contribution in [-0.2, 0) is 6.54 Å². The van der Waals surface area contributed by atoms with E-state index in [0.29, 0.717) is 5.92 Å². The summed E-state index contributed by atoms with van der Waals surface area (Å²) in [5.41, 5.74) is 3.60. The van der Waals surface area contributed by atoms with Crippen molar-refractivity contribution in [1.29, 1.82) is 0 Å². The average Bonchev–Trinajstić information content (AvgIpc) is 3.01. The van der Waals surface area contributed by atoms with Gasteiger partial charge in [-0.15, -0.1) is 0 Å². The van der Waals surface area contributed by atoms with Gasteiger partial charge in [0.2, 0.25) is 0 Å². The number of fused-ring (bicyclic) bond motifs is 1. The molecule has 2 aromatic carbocycles. The molecular weight excluding hydrogens is 350 g/mol. The number of imidazole rings is 1. The molecule has 0 radical (unpaired) electrons. The van der Waals surface area contributed by atoms with E-state index in [0.717, 1.165) is 34.4 Å². The molecular formula is C19H20BrN3. The van der Waals surface area contributed by atoms with Crippen LogP contribution in [0.5, 0.6) is 0 Å². The van der Waals surface area contributed by atoms with E-state index in [4.69, 9.17) is 4.98 Å². The van der Waals surface area contributed by atoms with Crippen LogP contribution in [0, 0.1) is 0 Å². The third-order valence-electron chi connectivity index (χ3n) is 4.62. The molecule has 0 bridgehead atoms. The number of halogens is 1. The predicted molar refractivity (Wildman–Crippen MR) is 97.5 cm³/mol. The zero-order chi connectivity index (χ0) is 15.6. The minimum atomic E-state index is 0.506. The number of nitrogens with zero attached hydrogens (tertiary/aromatic N) is 2. The van der Waals surface area contributed by atoms with Crippen LogP contribution in [0.4, 0.5) is 0 Å². The molecule has 1 saturated heterocycles.